The quantitative estimate of drug-likeness (QED) is 0.674. The lowest BCUT2D eigenvalue weighted by Gasteiger charge is -2.02. The highest BCUT2D eigenvalue weighted by molar-refractivity contribution is 7.91. The molecule has 2 aromatic carbocycles. The molecule has 0 radical (unpaired) electrons. The van der Waals surface area contributed by atoms with Gasteiger partial charge in [-0.3, -0.25) is 0 Å². The number of ether oxygens (including phenoxy) is 1. The summed E-state index contributed by atoms with van der Waals surface area (Å²) in [4.78, 5) is 4.29. The second-order valence-electron chi connectivity index (χ2n) is 5.32. The number of hydrogen-bond donors (Lipinski definition) is 1. The van der Waals surface area contributed by atoms with Crippen molar-refractivity contribution in [3.8, 4) is 17.2 Å². The highest BCUT2D eigenvalue weighted by atomic mass is 35.5. The number of hydrogen-bond acceptors (Lipinski definition) is 6. The first-order valence-corrected chi connectivity index (χ1v) is 9.74. The van der Waals surface area contributed by atoms with Crippen LogP contribution in [0, 0.1) is 0 Å². The van der Waals surface area contributed by atoms with E-state index in [9.17, 15) is 8.42 Å². The molecule has 0 amide bonds. The maximum Gasteiger partial charge on any atom is 0.233 e. The number of oxazole rings is 1. The molecule has 6 nitrogen and oxygen atoms in total. The van der Waals surface area contributed by atoms with Gasteiger partial charge in [0.05, 0.1) is 11.5 Å². The molecule has 3 rings (SSSR count). The van der Waals surface area contributed by atoms with Crippen LogP contribution in [0.25, 0.3) is 11.5 Å². The Balaban J connectivity index is 2.02. The lowest BCUT2D eigenvalue weighted by molar-refractivity contribution is 0.340. The molecule has 3 aromatic rings. The van der Waals surface area contributed by atoms with Gasteiger partial charge in [0.15, 0.2) is 0 Å². The third kappa shape index (κ3) is 3.54. The minimum atomic E-state index is -3.85. The predicted molar refractivity (Wildman–Crippen MR) is 99.6 cm³/mol. The van der Waals surface area contributed by atoms with Gasteiger partial charge in [0.25, 0.3) is 0 Å². The lowest BCUT2D eigenvalue weighted by Crippen LogP contribution is -2.05. The molecule has 0 aliphatic rings. The third-order valence-corrected chi connectivity index (χ3v) is 5.54. The Morgan fingerprint density at radius 1 is 1.12 bits per heavy atom. The number of halogens is 1. The summed E-state index contributed by atoms with van der Waals surface area (Å²) < 4.78 is 36.8. The van der Waals surface area contributed by atoms with Crippen LogP contribution >= 0.6 is 11.6 Å². The zero-order chi connectivity index (χ0) is 18.7. The molecule has 0 saturated carbocycles. The van der Waals surface area contributed by atoms with Crippen molar-refractivity contribution in [3.63, 3.8) is 0 Å². The summed E-state index contributed by atoms with van der Waals surface area (Å²) in [6.45, 7) is 2.46. The normalized spacial score (nSPS) is 11.3. The van der Waals surface area contributed by atoms with Crippen molar-refractivity contribution in [2.45, 2.75) is 16.8 Å². The average Bonchev–Trinajstić information content (AvgIpc) is 3.08. The molecule has 1 N–H and O–H groups in total. The van der Waals surface area contributed by atoms with Crippen LogP contribution in [0.5, 0.6) is 5.75 Å². The standard InChI is InChI=1S/C18H17ClN2O4S/c1-3-24-14-8-4-12(5-9-14)16-21-18(17(20-2)25-16)26(22,23)15-10-6-13(19)7-11-15/h4-11,20H,3H2,1-2H3. The number of benzene rings is 2. The van der Waals surface area contributed by atoms with E-state index in [1.807, 2.05) is 6.92 Å². The second-order valence-corrected chi connectivity index (χ2v) is 7.62. The van der Waals surface area contributed by atoms with Crippen molar-refractivity contribution < 1.29 is 17.6 Å². The number of rotatable bonds is 6. The van der Waals surface area contributed by atoms with Crippen LogP contribution < -0.4 is 10.1 Å². The summed E-state index contributed by atoms with van der Waals surface area (Å²) in [5.74, 6) is 0.986. The van der Waals surface area contributed by atoms with Gasteiger partial charge in [0, 0.05) is 17.6 Å². The molecule has 1 heterocycles. The average molecular weight is 393 g/mol. The van der Waals surface area contributed by atoms with Crippen LogP contribution in [-0.4, -0.2) is 27.1 Å². The first kappa shape index (κ1) is 18.3. The summed E-state index contributed by atoms with van der Waals surface area (Å²) >= 11 is 5.83. The summed E-state index contributed by atoms with van der Waals surface area (Å²) in [5, 5.41) is 3.02. The molecule has 0 spiro atoms. The molecule has 8 heteroatoms. The van der Waals surface area contributed by atoms with Crippen molar-refractivity contribution in [1.82, 2.24) is 4.98 Å². The molecule has 136 valence electrons. The molecule has 0 saturated heterocycles. The van der Waals surface area contributed by atoms with E-state index in [-0.39, 0.29) is 21.7 Å². The van der Waals surface area contributed by atoms with E-state index in [1.165, 1.54) is 24.3 Å². The van der Waals surface area contributed by atoms with Crippen LogP contribution in [0.2, 0.25) is 5.02 Å². The monoisotopic (exact) mass is 392 g/mol. The Kier molecular flexibility index (Phi) is 5.20. The molecular weight excluding hydrogens is 376 g/mol. The fraction of sp³-hybridized carbons (Fsp3) is 0.167. The summed E-state index contributed by atoms with van der Waals surface area (Å²) in [7, 11) is -2.28. The van der Waals surface area contributed by atoms with Crippen LogP contribution in [0.1, 0.15) is 6.92 Å². The van der Waals surface area contributed by atoms with Gasteiger partial charge in [-0.1, -0.05) is 11.6 Å². The maximum atomic E-state index is 12.9. The van der Waals surface area contributed by atoms with Crippen LogP contribution in [0.3, 0.4) is 0 Å². The zero-order valence-corrected chi connectivity index (χ0v) is 15.8. The van der Waals surface area contributed by atoms with Gasteiger partial charge >= 0.3 is 0 Å². The van der Waals surface area contributed by atoms with E-state index in [2.05, 4.69) is 10.3 Å². The lowest BCUT2D eigenvalue weighted by atomic mass is 10.2. The third-order valence-electron chi connectivity index (χ3n) is 3.61. The molecule has 0 aliphatic carbocycles. The Morgan fingerprint density at radius 3 is 2.35 bits per heavy atom. The molecule has 1 aromatic heterocycles. The first-order chi connectivity index (χ1) is 12.5. The summed E-state index contributed by atoms with van der Waals surface area (Å²) in [6.07, 6.45) is 0. The van der Waals surface area contributed by atoms with Crippen molar-refractivity contribution in [2.75, 3.05) is 19.0 Å². The fourth-order valence-electron chi connectivity index (χ4n) is 2.36. The first-order valence-electron chi connectivity index (χ1n) is 7.88. The van der Waals surface area contributed by atoms with Crippen molar-refractivity contribution in [1.29, 1.82) is 0 Å². The number of aromatic nitrogens is 1. The Hall–Kier alpha value is -2.51. The Bertz CT molecular complexity index is 997. The van der Waals surface area contributed by atoms with E-state index < -0.39 is 9.84 Å². The maximum absolute atomic E-state index is 12.9. The Morgan fingerprint density at radius 2 is 1.77 bits per heavy atom. The molecule has 0 unspecified atom stereocenters. The highest BCUT2D eigenvalue weighted by Gasteiger charge is 2.28. The minimum Gasteiger partial charge on any atom is -0.494 e. The van der Waals surface area contributed by atoms with Gasteiger partial charge in [-0.15, -0.1) is 0 Å². The minimum absolute atomic E-state index is 0.0730. The van der Waals surface area contributed by atoms with Gasteiger partial charge in [0.1, 0.15) is 5.75 Å². The van der Waals surface area contributed by atoms with Crippen LogP contribution in [0.4, 0.5) is 5.88 Å². The second kappa shape index (κ2) is 7.39. The number of nitrogens with one attached hydrogen (secondary N) is 1. The number of sulfone groups is 1. The highest BCUT2D eigenvalue weighted by Crippen LogP contribution is 2.32. The largest absolute Gasteiger partial charge is 0.494 e. The van der Waals surface area contributed by atoms with Crippen molar-refractivity contribution in [3.05, 3.63) is 53.6 Å². The summed E-state index contributed by atoms with van der Waals surface area (Å²) in [6, 6.07) is 13.0. The van der Waals surface area contributed by atoms with E-state index in [0.717, 1.165) is 0 Å². The van der Waals surface area contributed by atoms with Gasteiger partial charge in [0.2, 0.25) is 26.6 Å². The van der Waals surface area contributed by atoms with E-state index in [0.29, 0.717) is 22.9 Å². The predicted octanol–water partition coefficient (Wildman–Crippen LogP) is 4.27. The fourth-order valence-corrected chi connectivity index (χ4v) is 3.79. The van der Waals surface area contributed by atoms with Crippen molar-refractivity contribution in [2.24, 2.45) is 0 Å². The SMILES string of the molecule is CCOc1ccc(-c2nc(S(=O)(=O)c3ccc(Cl)cc3)c(NC)o2)cc1. The molecule has 0 aliphatic heterocycles. The molecule has 0 fully saturated rings. The van der Waals surface area contributed by atoms with Gasteiger partial charge in [-0.05, 0) is 55.5 Å². The van der Waals surface area contributed by atoms with E-state index in [4.69, 9.17) is 20.8 Å². The molecule has 0 bridgehead atoms. The smallest absolute Gasteiger partial charge is 0.233 e. The van der Waals surface area contributed by atoms with E-state index in [1.54, 1.807) is 31.3 Å². The topological polar surface area (TPSA) is 81.4 Å². The number of nitrogens with zero attached hydrogens (tertiary/aromatic N) is 1. The molecule has 26 heavy (non-hydrogen) atoms. The van der Waals surface area contributed by atoms with Crippen LogP contribution in [-0.2, 0) is 9.84 Å². The van der Waals surface area contributed by atoms with Gasteiger partial charge < -0.3 is 14.5 Å². The molecule has 0 atom stereocenters. The zero-order valence-electron chi connectivity index (χ0n) is 14.2. The van der Waals surface area contributed by atoms with Crippen molar-refractivity contribution >= 4 is 27.3 Å². The Labute approximate surface area is 156 Å². The van der Waals surface area contributed by atoms with Crippen LogP contribution in [0.15, 0.2) is 62.9 Å². The molecular formula is C18H17ClN2O4S. The van der Waals surface area contributed by atoms with E-state index >= 15 is 0 Å². The number of anilines is 1. The summed E-state index contributed by atoms with van der Waals surface area (Å²) in [5.41, 5.74) is 0.641. The van der Waals surface area contributed by atoms with Gasteiger partial charge in [-0.25, -0.2) is 8.42 Å². The van der Waals surface area contributed by atoms with Gasteiger partial charge in [-0.2, -0.15) is 4.98 Å².